The number of rotatable bonds is 5. The first-order chi connectivity index (χ1) is 12.2. The van der Waals surface area contributed by atoms with Crippen LogP contribution in [0.1, 0.15) is 60.9 Å². The number of hydrogen-bond acceptors (Lipinski definition) is 2. The van der Waals surface area contributed by atoms with Crippen molar-refractivity contribution in [3.05, 3.63) is 71.3 Å². The van der Waals surface area contributed by atoms with E-state index < -0.39 is 0 Å². The van der Waals surface area contributed by atoms with Gasteiger partial charge in [0.25, 0.3) is 0 Å². The van der Waals surface area contributed by atoms with Crippen molar-refractivity contribution in [2.24, 2.45) is 5.73 Å². The summed E-state index contributed by atoms with van der Waals surface area (Å²) in [6, 6.07) is 19.0. The lowest BCUT2D eigenvalue weighted by atomic mass is 9.86. The van der Waals surface area contributed by atoms with E-state index in [-0.39, 0.29) is 18.0 Å². The van der Waals surface area contributed by atoms with Gasteiger partial charge in [0.05, 0.1) is 6.04 Å². The van der Waals surface area contributed by atoms with Crippen molar-refractivity contribution >= 4 is 5.91 Å². The van der Waals surface area contributed by atoms with E-state index in [1.165, 1.54) is 11.1 Å². The molecular weight excluding hydrogens is 308 g/mol. The van der Waals surface area contributed by atoms with Crippen molar-refractivity contribution in [3.8, 4) is 0 Å². The van der Waals surface area contributed by atoms with Gasteiger partial charge in [0.2, 0.25) is 5.91 Å². The van der Waals surface area contributed by atoms with Crippen molar-refractivity contribution in [2.45, 2.75) is 56.7 Å². The summed E-state index contributed by atoms with van der Waals surface area (Å²) in [5.41, 5.74) is 10.1. The van der Waals surface area contributed by atoms with Gasteiger partial charge in [-0.3, -0.25) is 4.79 Å². The monoisotopic (exact) mass is 334 g/mol. The lowest BCUT2D eigenvalue weighted by molar-refractivity contribution is -0.135. The molecule has 2 N–H and O–H groups in total. The molecule has 25 heavy (non-hydrogen) atoms. The van der Waals surface area contributed by atoms with Crippen LogP contribution in [0.4, 0.5) is 0 Å². The largest absolute Gasteiger partial charge is 0.333 e. The van der Waals surface area contributed by atoms with Crippen molar-refractivity contribution in [2.75, 3.05) is 0 Å². The molecule has 0 bridgehead atoms. The predicted molar refractivity (Wildman–Crippen MR) is 100.0 cm³/mol. The van der Waals surface area contributed by atoms with Crippen LogP contribution in [0.15, 0.2) is 54.6 Å². The molecule has 1 saturated carbocycles. The zero-order valence-corrected chi connectivity index (χ0v) is 14.6. The Labute approximate surface area is 149 Å². The third-order valence-corrected chi connectivity index (χ3v) is 5.52. The summed E-state index contributed by atoms with van der Waals surface area (Å²) >= 11 is 0. The van der Waals surface area contributed by atoms with E-state index >= 15 is 0 Å². The van der Waals surface area contributed by atoms with E-state index in [1.807, 2.05) is 30.3 Å². The van der Waals surface area contributed by atoms with Crippen molar-refractivity contribution in [3.63, 3.8) is 0 Å². The fourth-order valence-electron chi connectivity index (χ4n) is 4.11. The third-order valence-electron chi connectivity index (χ3n) is 5.52. The van der Waals surface area contributed by atoms with Gasteiger partial charge in [-0.2, -0.15) is 0 Å². The zero-order valence-electron chi connectivity index (χ0n) is 14.6. The van der Waals surface area contributed by atoms with Crippen molar-refractivity contribution < 1.29 is 4.79 Å². The fourth-order valence-corrected chi connectivity index (χ4v) is 4.11. The van der Waals surface area contributed by atoms with Crippen LogP contribution < -0.4 is 5.73 Å². The minimum Gasteiger partial charge on any atom is -0.333 e. The van der Waals surface area contributed by atoms with Gasteiger partial charge in [0.1, 0.15) is 0 Å². The molecule has 0 aromatic heterocycles. The molecule has 2 aliphatic rings. The average Bonchev–Trinajstić information content (AvgIpc) is 3.48. The maximum absolute atomic E-state index is 13.2. The number of benzene rings is 2. The summed E-state index contributed by atoms with van der Waals surface area (Å²) in [6.45, 7) is 0. The van der Waals surface area contributed by atoms with Crippen molar-refractivity contribution in [1.29, 1.82) is 0 Å². The summed E-state index contributed by atoms with van der Waals surface area (Å²) < 4.78 is 0. The highest BCUT2D eigenvalue weighted by molar-refractivity contribution is 5.78. The van der Waals surface area contributed by atoms with Gasteiger partial charge in [-0.1, -0.05) is 54.6 Å². The molecule has 2 aliphatic carbocycles. The van der Waals surface area contributed by atoms with E-state index in [2.05, 4.69) is 29.2 Å². The van der Waals surface area contributed by atoms with Crippen LogP contribution in [-0.4, -0.2) is 16.8 Å². The first-order valence-corrected chi connectivity index (χ1v) is 9.43. The number of amides is 1. The summed E-state index contributed by atoms with van der Waals surface area (Å²) in [4.78, 5) is 15.3. The molecule has 2 unspecified atom stereocenters. The predicted octanol–water partition coefficient (Wildman–Crippen LogP) is 4.15. The molecule has 1 amide bonds. The van der Waals surface area contributed by atoms with Crippen LogP contribution in [0.5, 0.6) is 0 Å². The van der Waals surface area contributed by atoms with Gasteiger partial charge >= 0.3 is 0 Å². The number of carbonyl (C=O) groups is 1. The maximum atomic E-state index is 13.2. The standard InChI is InChI=1S/C22H26N2O/c23-20(17-8-2-1-3-9-17)15-22(25)24(18-13-14-18)21-12-6-10-16-7-4-5-11-19(16)21/h1-5,7-9,11,18,20-21H,6,10,12-15,23H2. The second-order valence-electron chi connectivity index (χ2n) is 7.36. The molecule has 130 valence electrons. The molecule has 0 radical (unpaired) electrons. The van der Waals surface area contributed by atoms with Crippen molar-refractivity contribution in [1.82, 2.24) is 4.90 Å². The number of fused-ring (bicyclic) bond motifs is 1. The zero-order chi connectivity index (χ0) is 17.2. The van der Waals surface area contributed by atoms with E-state index in [9.17, 15) is 4.79 Å². The number of carbonyl (C=O) groups excluding carboxylic acids is 1. The average molecular weight is 334 g/mol. The van der Waals surface area contributed by atoms with Crippen LogP contribution in [0.3, 0.4) is 0 Å². The molecule has 0 saturated heterocycles. The highest BCUT2D eigenvalue weighted by atomic mass is 16.2. The van der Waals surface area contributed by atoms with Crippen LogP contribution in [0.2, 0.25) is 0 Å². The molecule has 3 nitrogen and oxygen atoms in total. The summed E-state index contributed by atoms with van der Waals surface area (Å²) in [6.07, 6.45) is 6.00. The van der Waals surface area contributed by atoms with E-state index in [0.29, 0.717) is 12.5 Å². The Morgan fingerprint density at radius 1 is 1.04 bits per heavy atom. The first-order valence-electron chi connectivity index (χ1n) is 9.43. The molecule has 0 heterocycles. The van der Waals surface area contributed by atoms with Crippen LogP contribution in [0, 0.1) is 0 Å². The summed E-state index contributed by atoms with van der Waals surface area (Å²) in [5.74, 6) is 0.209. The molecule has 0 spiro atoms. The van der Waals surface area contributed by atoms with E-state index in [4.69, 9.17) is 5.73 Å². The van der Waals surface area contributed by atoms with Crippen LogP contribution in [-0.2, 0) is 11.2 Å². The second kappa shape index (κ2) is 7.01. The fraction of sp³-hybridized carbons (Fsp3) is 0.409. The Balaban J connectivity index is 1.55. The van der Waals surface area contributed by atoms with Crippen LogP contribution in [0.25, 0.3) is 0 Å². The molecular formula is C22H26N2O. The number of nitrogens with zero attached hydrogens (tertiary/aromatic N) is 1. The van der Waals surface area contributed by atoms with Crippen LogP contribution >= 0.6 is 0 Å². The minimum atomic E-state index is -0.228. The van der Waals surface area contributed by atoms with Gasteiger partial charge in [-0.15, -0.1) is 0 Å². The molecule has 2 aromatic rings. The Morgan fingerprint density at radius 2 is 1.76 bits per heavy atom. The quantitative estimate of drug-likeness (QED) is 0.893. The van der Waals surface area contributed by atoms with Gasteiger partial charge in [0.15, 0.2) is 0 Å². The number of hydrogen-bond donors (Lipinski definition) is 1. The van der Waals surface area contributed by atoms with Gasteiger partial charge < -0.3 is 10.6 Å². The van der Waals surface area contributed by atoms with Gasteiger partial charge in [0, 0.05) is 18.5 Å². The Bertz CT molecular complexity index is 739. The summed E-state index contributed by atoms with van der Waals surface area (Å²) in [7, 11) is 0. The third kappa shape index (κ3) is 3.47. The molecule has 1 fully saturated rings. The lowest BCUT2D eigenvalue weighted by Crippen LogP contribution is -2.39. The molecule has 0 aliphatic heterocycles. The van der Waals surface area contributed by atoms with Gasteiger partial charge in [-0.25, -0.2) is 0 Å². The minimum absolute atomic E-state index is 0.209. The van der Waals surface area contributed by atoms with E-state index in [0.717, 1.165) is 37.7 Å². The molecule has 2 aromatic carbocycles. The SMILES string of the molecule is NC(CC(=O)N(C1CC1)C1CCCc2ccccc21)c1ccccc1. The van der Waals surface area contributed by atoms with E-state index in [1.54, 1.807) is 0 Å². The number of nitrogens with two attached hydrogens (primary N) is 1. The smallest absolute Gasteiger partial charge is 0.225 e. The normalized spacial score (nSPS) is 20.6. The Morgan fingerprint density at radius 3 is 2.52 bits per heavy atom. The lowest BCUT2D eigenvalue weighted by Gasteiger charge is -2.37. The molecule has 2 atom stereocenters. The first kappa shape index (κ1) is 16.3. The number of aryl methyl sites for hydroxylation is 1. The van der Waals surface area contributed by atoms with Gasteiger partial charge in [-0.05, 0) is 48.8 Å². The topological polar surface area (TPSA) is 46.3 Å². The maximum Gasteiger partial charge on any atom is 0.225 e. The molecule has 3 heteroatoms. The second-order valence-corrected chi connectivity index (χ2v) is 7.36. The molecule has 4 rings (SSSR count). The Hall–Kier alpha value is -2.13. The summed E-state index contributed by atoms with van der Waals surface area (Å²) in [5, 5.41) is 0. The highest BCUT2D eigenvalue weighted by Gasteiger charge is 2.39. The Kier molecular flexibility index (Phi) is 4.58. The highest BCUT2D eigenvalue weighted by Crippen LogP contribution is 2.41.